The maximum absolute atomic E-state index is 2.53. The van der Waals surface area contributed by atoms with Gasteiger partial charge in [-0.3, -0.25) is 0 Å². The van der Waals surface area contributed by atoms with Gasteiger partial charge in [0.15, 0.2) is 0 Å². The first-order chi connectivity index (χ1) is 32.9. The number of anilines is 2. The van der Waals surface area contributed by atoms with Gasteiger partial charge in [-0.15, -0.1) is 0 Å². The molecule has 3 aliphatic rings. The van der Waals surface area contributed by atoms with Gasteiger partial charge in [-0.1, -0.05) is 183 Å². The summed E-state index contributed by atoms with van der Waals surface area (Å²) in [6.45, 7) is 9.29. The van der Waals surface area contributed by atoms with Gasteiger partial charge in [-0.05, 0) is 154 Å². The topological polar surface area (TPSA) is 8.17 Å². The van der Waals surface area contributed by atoms with Crippen LogP contribution in [-0.4, -0.2) is 10.6 Å². The highest BCUT2D eigenvalue weighted by Gasteiger charge is 2.44. The minimum Gasteiger partial charge on any atom is -0.334 e. The highest BCUT2D eigenvalue weighted by molar-refractivity contribution is 6.11. The van der Waals surface area contributed by atoms with Crippen molar-refractivity contribution in [1.82, 2.24) is 4.57 Å². The molecule has 2 heteroatoms. The standard InChI is InChI=1S/C65H54N2/c1-43-17-8-14-27-60(43)66(61-28-15-9-18-44(61)2)51-37-31-48(32-38-51)49-34-40-62-56(41-49)54-39-33-50(42-63(54)67(62)52-35-29-47(30-36-52)46-20-6-5-7-21-46)53-22-10-12-24-57(53)65(4)58-25-13-11-23-55(58)64-45(3)19-16-26-59(64)65/h5-18,20-37,39-42,45,51H,19,38H2,1-4H3. The van der Waals surface area contributed by atoms with Gasteiger partial charge in [-0.2, -0.15) is 0 Å². The Hall–Kier alpha value is -7.68. The van der Waals surface area contributed by atoms with E-state index in [0.29, 0.717) is 5.92 Å². The van der Waals surface area contributed by atoms with Gasteiger partial charge in [0, 0.05) is 33.2 Å². The molecular formula is C65H54N2. The zero-order valence-corrected chi connectivity index (χ0v) is 38.7. The van der Waals surface area contributed by atoms with Gasteiger partial charge in [0.05, 0.1) is 17.1 Å². The molecule has 0 radical (unpaired) electrons. The molecule has 0 aliphatic heterocycles. The van der Waals surface area contributed by atoms with Crippen molar-refractivity contribution in [2.24, 2.45) is 5.92 Å². The van der Waals surface area contributed by atoms with Crippen LogP contribution in [0.2, 0.25) is 0 Å². The molecule has 2 nitrogen and oxygen atoms in total. The second-order valence-electron chi connectivity index (χ2n) is 19.1. The fourth-order valence-corrected chi connectivity index (χ4v) is 11.7. The van der Waals surface area contributed by atoms with E-state index in [1.807, 2.05) is 0 Å². The lowest BCUT2D eigenvalue weighted by molar-refractivity contribution is 0.689. The Morgan fingerprint density at radius 1 is 0.522 bits per heavy atom. The second kappa shape index (κ2) is 16.3. The monoisotopic (exact) mass is 862 g/mol. The Labute approximate surface area is 395 Å². The van der Waals surface area contributed by atoms with E-state index in [-0.39, 0.29) is 11.5 Å². The van der Waals surface area contributed by atoms with Crippen LogP contribution < -0.4 is 4.90 Å². The molecule has 8 aromatic carbocycles. The van der Waals surface area contributed by atoms with Crippen molar-refractivity contribution in [3.05, 3.63) is 257 Å². The summed E-state index contributed by atoms with van der Waals surface area (Å²) in [6, 6.07) is 70.1. The molecule has 0 amide bonds. The average molecular weight is 863 g/mol. The zero-order chi connectivity index (χ0) is 45.2. The van der Waals surface area contributed by atoms with Gasteiger partial charge in [-0.25, -0.2) is 0 Å². The Morgan fingerprint density at radius 2 is 1.13 bits per heavy atom. The van der Waals surface area contributed by atoms with E-state index in [1.165, 1.54) is 106 Å². The van der Waals surface area contributed by atoms with E-state index in [2.05, 4.69) is 256 Å². The number of fused-ring (bicyclic) bond motifs is 5. The molecule has 3 unspecified atom stereocenters. The molecule has 1 aromatic heterocycles. The van der Waals surface area contributed by atoms with Crippen LogP contribution in [0.3, 0.4) is 0 Å². The van der Waals surface area contributed by atoms with Crippen molar-refractivity contribution >= 4 is 44.3 Å². The van der Waals surface area contributed by atoms with Crippen molar-refractivity contribution < 1.29 is 0 Å². The van der Waals surface area contributed by atoms with Crippen LogP contribution in [-0.2, 0) is 5.41 Å². The fraction of sp³-hybridized carbons (Fsp3) is 0.138. The summed E-state index contributed by atoms with van der Waals surface area (Å²) in [5.41, 5.74) is 22.9. The van der Waals surface area contributed by atoms with Crippen molar-refractivity contribution in [3.8, 4) is 27.9 Å². The van der Waals surface area contributed by atoms with Crippen LogP contribution >= 0.6 is 0 Å². The number of rotatable bonds is 8. The molecule has 324 valence electrons. The maximum atomic E-state index is 2.53. The summed E-state index contributed by atoms with van der Waals surface area (Å²) in [5.74, 6) is 0.480. The molecule has 3 aliphatic carbocycles. The molecular weight excluding hydrogens is 809 g/mol. The Balaban J connectivity index is 0.981. The predicted octanol–water partition coefficient (Wildman–Crippen LogP) is 17.0. The molecule has 67 heavy (non-hydrogen) atoms. The number of para-hydroxylation sites is 2. The summed E-state index contributed by atoms with van der Waals surface area (Å²) >= 11 is 0. The van der Waals surface area contributed by atoms with Crippen LogP contribution in [0, 0.1) is 19.8 Å². The number of benzene rings is 8. The van der Waals surface area contributed by atoms with Crippen LogP contribution in [0.4, 0.5) is 11.4 Å². The lowest BCUT2D eigenvalue weighted by Crippen LogP contribution is -2.31. The van der Waals surface area contributed by atoms with E-state index in [4.69, 9.17) is 0 Å². The molecule has 0 saturated carbocycles. The van der Waals surface area contributed by atoms with E-state index in [0.717, 1.165) is 18.5 Å². The number of hydrogen-bond donors (Lipinski definition) is 0. The third kappa shape index (κ3) is 6.69. The van der Waals surface area contributed by atoms with Crippen molar-refractivity contribution in [1.29, 1.82) is 0 Å². The van der Waals surface area contributed by atoms with Gasteiger partial charge < -0.3 is 9.47 Å². The van der Waals surface area contributed by atoms with Crippen LogP contribution in [0.25, 0.3) is 60.9 Å². The maximum Gasteiger partial charge on any atom is 0.0560 e. The molecule has 12 rings (SSSR count). The van der Waals surface area contributed by atoms with E-state index >= 15 is 0 Å². The molecule has 0 bridgehead atoms. The number of hydrogen-bond acceptors (Lipinski definition) is 1. The first kappa shape index (κ1) is 40.8. The van der Waals surface area contributed by atoms with E-state index in [1.54, 1.807) is 0 Å². The Kier molecular flexibility index (Phi) is 9.95. The minimum atomic E-state index is -0.283. The highest BCUT2D eigenvalue weighted by Crippen LogP contribution is 2.56. The molecule has 9 aromatic rings. The third-order valence-electron chi connectivity index (χ3n) is 15.1. The van der Waals surface area contributed by atoms with Gasteiger partial charge in [0.25, 0.3) is 0 Å². The zero-order valence-electron chi connectivity index (χ0n) is 38.7. The minimum absolute atomic E-state index is 0.192. The summed E-state index contributed by atoms with van der Waals surface area (Å²) in [7, 11) is 0. The van der Waals surface area contributed by atoms with Gasteiger partial charge >= 0.3 is 0 Å². The normalized spacial score (nSPS) is 18.6. The summed E-state index contributed by atoms with van der Waals surface area (Å²) in [5, 5.41) is 2.50. The lowest BCUT2D eigenvalue weighted by atomic mass is 9.70. The third-order valence-corrected chi connectivity index (χ3v) is 15.1. The second-order valence-corrected chi connectivity index (χ2v) is 19.1. The fourth-order valence-electron chi connectivity index (χ4n) is 11.7. The number of aromatic nitrogens is 1. The average Bonchev–Trinajstić information content (AvgIpc) is 3.85. The van der Waals surface area contributed by atoms with Gasteiger partial charge in [0.2, 0.25) is 0 Å². The van der Waals surface area contributed by atoms with E-state index < -0.39 is 0 Å². The van der Waals surface area contributed by atoms with E-state index in [9.17, 15) is 0 Å². The largest absolute Gasteiger partial charge is 0.334 e. The van der Waals surface area contributed by atoms with Crippen molar-refractivity contribution in [2.45, 2.75) is 52.0 Å². The van der Waals surface area contributed by atoms with Crippen LogP contribution in [0.5, 0.6) is 0 Å². The molecule has 0 saturated heterocycles. The summed E-state index contributed by atoms with van der Waals surface area (Å²) in [4.78, 5) is 2.53. The molecule has 0 fully saturated rings. The van der Waals surface area contributed by atoms with Crippen LogP contribution in [0.15, 0.2) is 224 Å². The Morgan fingerprint density at radius 3 is 1.84 bits per heavy atom. The number of aryl methyl sites for hydroxylation is 2. The quantitative estimate of drug-likeness (QED) is 0.148. The molecule has 0 N–H and O–H groups in total. The summed E-state index contributed by atoms with van der Waals surface area (Å²) in [6.07, 6.45) is 14.0. The predicted molar refractivity (Wildman–Crippen MR) is 284 cm³/mol. The first-order valence-electron chi connectivity index (χ1n) is 24.0. The lowest BCUT2D eigenvalue weighted by Gasteiger charge is -2.35. The highest BCUT2D eigenvalue weighted by atomic mass is 15.2. The van der Waals surface area contributed by atoms with Crippen LogP contribution in [0.1, 0.15) is 60.1 Å². The number of allylic oxidation sites excluding steroid dienone is 6. The summed E-state index contributed by atoms with van der Waals surface area (Å²) < 4.78 is 2.48. The van der Waals surface area contributed by atoms with Gasteiger partial charge in [0.1, 0.15) is 0 Å². The van der Waals surface area contributed by atoms with Crippen molar-refractivity contribution in [3.63, 3.8) is 0 Å². The van der Waals surface area contributed by atoms with Crippen molar-refractivity contribution in [2.75, 3.05) is 4.90 Å². The SMILES string of the molecule is Cc1ccccc1N(c1ccccc1C)C1C=CC(c2ccc3c(c2)c2ccc(-c4ccccc4C4(C)C5=C(c6ccccc64)C(C)CC=C5)cc2n3-c2ccc(-c3ccccc3)cc2)=CC1. The smallest absolute Gasteiger partial charge is 0.0560 e. The molecule has 1 heterocycles. The first-order valence-corrected chi connectivity index (χ1v) is 24.0. The molecule has 3 atom stereocenters. The molecule has 0 spiro atoms. The Bertz CT molecular complexity index is 3480. The number of nitrogens with zero attached hydrogens (tertiary/aromatic N) is 2.